The van der Waals surface area contributed by atoms with Gasteiger partial charge < -0.3 is 25.4 Å². The number of nitrogens with one attached hydrogen (secondary N) is 3. The van der Waals surface area contributed by atoms with Gasteiger partial charge in [0, 0.05) is 24.6 Å². The molecule has 11 heteroatoms. The van der Waals surface area contributed by atoms with E-state index in [0.717, 1.165) is 17.2 Å². The summed E-state index contributed by atoms with van der Waals surface area (Å²) in [6, 6.07) is 7.53. The Kier molecular flexibility index (Phi) is 10.4. The van der Waals surface area contributed by atoms with Crippen molar-refractivity contribution < 1.29 is 14.3 Å². The van der Waals surface area contributed by atoms with Gasteiger partial charge in [-0.1, -0.05) is 45.3 Å². The van der Waals surface area contributed by atoms with Crippen LogP contribution < -0.4 is 20.7 Å². The van der Waals surface area contributed by atoms with E-state index in [0.29, 0.717) is 35.6 Å². The fourth-order valence-corrected chi connectivity index (χ4v) is 4.23. The summed E-state index contributed by atoms with van der Waals surface area (Å²) in [6.07, 6.45) is 1.16. The predicted octanol–water partition coefficient (Wildman–Crippen LogP) is 5.20. The molecule has 2 aromatic rings. The van der Waals surface area contributed by atoms with Gasteiger partial charge in [-0.25, -0.2) is 9.78 Å². The SMILES string of the molecule is COc1ccccc1Nc1ncc(Cl)c(NCCSSCCNC(=O)OC(C)(C)C)n1. The minimum atomic E-state index is -0.484. The van der Waals surface area contributed by atoms with Crippen LogP contribution in [0.3, 0.4) is 0 Å². The second-order valence-corrected chi connectivity index (χ2v) is 10.3. The molecular formula is C20H28ClN5O3S2. The molecule has 0 aliphatic rings. The Morgan fingerprint density at radius 3 is 2.58 bits per heavy atom. The van der Waals surface area contributed by atoms with Crippen LogP contribution in [0.25, 0.3) is 0 Å². The molecule has 0 radical (unpaired) electrons. The van der Waals surface area contributed by atoms with E-state index >= 15 is 0 Å². The highest BCUT2D eigenvalue weighted by atomic mass is 35.5. The van der Waals surface area contributed by atoms with Gasteiger partial charge in [-0.3, -0.25) is 0 Å². The molecule has 8 nitrogen and oxygen atoms in total. The molecule has 31 heavy (non-hydrogen) atoms. The Balaban J connectivity index is 1.69. The number of hydrogen-bond donors (Lipinski definition) is 3. The zero-order chi connectivity index (χ0) is 22.7. The lowest BCUT2D eigenvalue weighted by Gasteiger charge is -2.19. The summed E-state index contributed by atoms with van der Waals surface area (Å²) in [6.45, 7) is 6.75. The number of alkyl carbamates (subject to hydrolysis) is 1. The highest BCUT2D eigenvalue weighted by Crippen LogP contribution is 2.27. The Bertz CT molecular complexity index is 852. The molecule has 0 saturated carbocycles. The van der Waals surface area contributed by atoms with Crippen LogP contribution >= 0.6 is 33.2 Å². The van der Waals surface area contributed by atoms with E-state index in [9.17, 15) is 4.79 Å². The third-order valence-corrected chi connectivity index (χ3v) is 6.20. The molecule has 0 saturated heterocycles. The molecule has 1 amide bonds. The van der Waals surface area contributed by atoms with Crippen LogP contribution in [0.1, 0.15) is 20.8 Å². The van der Waals surface area contributed by atoms with Crippen molar-refractivity contribution in [2.24, 2.45) is 0 Å². The van der Waals surface area contributed by atoms with Crippen molar-refractivity contribution in [3.8, 4) is 5.75 Å². The highest BCUT2D eigenvalue weighted by Gasteiger charge is 2.15. The van der Waals surface area contributed by atoms with Gasteiger partial charge in [0.25, 0.3) is 0 Å². The number of para-hydroxylation sites is 2. The van der Waals surface area contributed by atoms with Crippen LogP contribution in [0.2, 0.25) is 5.02 Å². The van der Waals surface area contributed by atoms with Crippen LogP contribution in [-0.4, -0.2) is 53.4 Å². The molecule has 0 atom stereocenters. The number of ether oxygens (including phenoxy) is 2. The number of hydrogen-bond acceptors (Lipinski definition) is 9. The lowest BCUT2D eigenvalue weighted by atomic mass is 10.2. The average molecular weight is 486 g/mol. The first-order chi connectivity index (χ1) is 14.8. The zero-order valence-corrected chi connectivity index (χ0v) is 20.4. The lowest BCUT2D eigenvalue weighted by Crippen LogP contribution is -2.33. The maximum atomic E-state index is 11.6. The van der Waals surface area contributed by atoms with Crippen LogP contribution in [0.15, 0.2) is 30.5 Å². The second kappa shape index (κ2) is 12.7. The largest absolute Gasteiger partial charge is 0.495 e. The first-order valence-electron chi connectivity index (χ1n) is 9.66. The van der Waals surface area contributed by atoms with Crippen molar-refractivity contribution in [3.05, 3.63) is 35.5 Å². The Morgan fingerprint density at radius 1 is 1.16 bits per heavy atom. The van der Waals surface area contributed by atoms with Crippen LogP contribution in [0, 0.1) is 0 Å². The van der Waals surface area contributed by atoms with E-state index in [2.05, 4.69) is 25.9 Å². The summed E-state index contributed by atoms with van der Waals surface area (Å²) in [5.41, 5.74) is 0.285. The number of amides is 1. The molecule has 1 heterocycles. The van der Waals surface area contributed by atoms with Crippen molar-refractivity contribution in [2.75, 3.05) is 42.3 Å². The number of halogens is 1. The summed E-state index contributed by atoms with van der Waals surface area (Å²) in [7, 11) is 4.98. The molecule has 170 valence electrons. The van der Waals surface area contributed by atoms with Gasteiger partial charge in [0.2, 0.25) is 5.95 Å². The molecule has 0 bridgehead atoms. The van der Waals surface area contributed by atoms with Gasteiger partial charge in [0.15, 0.2) is 5.82 Å². The van der Waals surface area contributed by atoms with Gasteiger partial charge in [0.1, 0.15) is 16.4 Å². The monoisotopic (exact) mass is 485 g/mol. The summed E-state index contributed by atoms with van der Waals surface area (Å²) in [5, 5.41) is 9.55. The van der Waals surface area contributed by atoms with Crippen molar-refractivity contribution in [2.45, 2.75) is 26.4 Å². The van der Waals surface area contributed by atoms with E-state index in [4.69, 9.17) is 21.1 Å². The molecule has 0 aliphatic heterocycles. The number of aromatic nitrogens is 2. The second-order valence-electron chi connectivity index (χ2n) is 7.21. The van der Waals surface area contributed by atoms with Gasteiger partial charge in [0.05, 0.1) is 19.0 Å². The number of methoxy groups -OCH3 is 1. The third-order valence-electron chi connectivity index (χ3n) is 3.51. The normalized spacial score (nSPS) is 11.0. The molecule has 0 unspecified atom stereocenters. The summed E-state index contributed by atoms with van der Waals surface area (Å²) in [4.78, 5) is 20.2. The number of nitrogens with zero attached hydrogens (tertiary/aromatic N) is 2. The molecule has 0 fully saturated rings. The first kappa shape index (κ1) is 25.2. The lowest BCUT2D eigenvalue weighted by molar-refractivity contribution is 0.0531. The van der Waals surface area contributed by atoms with E-state index in [1.54, 1.807) is 34.9 Å². The third kappa shape index (κ3) is 9.75. The zero-order valence-electron chi connectivity index (χ0n) is 18.0. The van der Waals surface area contributed by atoms with Crippen molar-refractivity contribution >= 4 is 56.7 Å². The van der Waals surface area contributed by atoms with E-state index in [1.165, 1.54) is 0 Å². The average Bonchev–Trinajstić information content (AvgIpc) is 2.71. The minimum Gasteiger partial charge on any atom is -0.495 e. The van der Waals surface area contributed by atoms with Gasteiger partial charge in [-0.15, -0.1) is 0 Å². The number of carbonyl (C=O) groups is 1. The van der Waals surface area contributed by atoms with E-state index in [-0.39, 0.29) is 0 Å². The maximum absolute atomic E-state index is 11.6. The van der Waals surface area contributed by atoms with Crippen molar-refractivity contribution in [1.82, 2.24) is 15.3 Å². The van der Waals surface area contributed by atoms with E-state index in [1.807, 2.05) is 45.0 Å². The topological polar surface area (TPSA) is 97.4 Å². The molecule has 0 aliphatic carbocycles. The number of rotatable bonds is 11. The van der Waals surface area contributed by atoms with Gasteiger partial charge in [-0.05, 0) is 32.9 Å². The standard InChI is InChI=1S/C20H28ClN5O3S2/c1-20(2,3)29-19(27)23-10-12-31-30-11-9-22-17-14(21)13-24-18(26-17)25-15-7-5-6-8-16(15)28-4/h5-8,13H,9-12H2,1-4H3,(H,23,27)(H2,22,24,25,26). The molecule has 0 spiro atoms. The van der Waals surface area contributed by atoms with Crippen LogP contribution in [0.4, 0.5) is 22.2 Å². The predicted molar refractivity (Wildman–Crippen MR) is 131 cm³/mol. The van der Waals surface area contributed by atoms with Gasteiger partial charge in [-0.2, -0.15) is 4.98 Å². The quantitative estimate of drug-likeness (QED) is 0.293. The maximum Gasteiger partial charge on any atom is 0.407 e. The summed E-state index contributed by atoms with van der Waals surface area (Å²) >= 11 is 6.21. The van der Waals surface area contributed by atoms with E-state index < -0.39 is 11.7 Å². The molecule has 3 N–H and O–H groups in total. The Morgan fingerprint density at radius 2 is 1.87 bits per heavy atom. The highest BCUT2D eigenvalue weighted by molar-refractivity contribution is 8.76. The van der Waals surface area contributed by atoms with Crippen molar-refractivity contribution in [3.63, 3.8) is 0 Å². The van der Waals surface area contributed by atoms with Crippen LogP contribution in [-0.2, 0) is 4.74 Å². The Hall–Kier alpha value is -2.04. The van der Waals surface area contributed by atoms with Gasteiger partial charge >= 0.3 is 6.09 Å². The van der Waals surface area contributed by atoms with Crippen molar-refractivity contribution in [1.29, 1.82) is 0 Å². The van der Waals surface area contributed by atoms with Crippen LogP contribution in [0.5, 0.6) is 5.75 Å². The summed E-state index contributed by atoms with van der Waals surface area (Å²) < 4.78 is 10.5. The molecule has 2 rings (SSSR count). The molecule has 1 aromatic carbocycles. The molecular weight excluding hydrogens is 458 g/mol. The molecule has 1 aromatic heterocycles. The number of carbonyl (C=O) groups excluding carboxylic acids is 1. The Labute approximate surface area is 196 Å². The number of anilines is 3. The summed E-state index contributed by atoms with van der Waals surface area (Å²) in [5.74, 6) is 3.31. The minimum absolute atomic E-state index is 0.393. The first-order valence-corrected chi connectivity index (χ1v) is 12.5. The number of benzene rings is 1. The fourth-order valence-electron chi connectivity index (χ4n) is 2.26. The fraction of sp³-hybridized carbons (Fsp3) is 0.450. The smallest absolute Gasteiger partial charge is 0.407 e.